The Bertz CT molecular complexity index is 919. The number of H-pyrrole nitrogens is 1. The summed E-state index contributed by atoms with van der Waals surface area (Å²) in [5.41, 5.74) is 0.118. The Morgan fingerprint density at radius 1 is 1.30 bits per heavy atom. The zero-order valence-corrected chi connectivity index (χ0v) is 18.5. The first kappa shape index (κ1) is 23.5. The molecule has 1 atom stereocenters. The van der Waals surface area contributed by atoms with Crippen molar-refractivity contribution in [1.82, 2.24) is 19.8 Å². The lowest BCUT2D eigenvalue weighted by molar-refractivity contribution is -0.107. The number of hydrogen-bond donors (Lipinski definition) is 1. The Labute approximate surface area is 177 Å². The van der Waals surface area contributed by atoms with E-state index in [1.165, 1.54) is 0 Å². The molecule has 1 fully saturated rings. The quantitative estimate of drug-likeness (QED) is 0.773. The van der Waals surface area contributed by atoms with E-state index in [0.29, 0.717) is 35.6 Å². The minimum atomic E-state index is -0.399. The zero-order valence-electron chi connectivity index (χ0n) is 18.5. The van der Waals surface area contributed by atoms with E-state index in [2.05, 4.69) is 28.8 Å². The number of aldehydes is 1. The predicted octanol–water partition coefficient (Wildman–Crippen LogP) is 2.61. The van der Waals surface area contributed by atoms with Crippen molar-refractivity contribution >= 4 is 23.3 Å². The Morgan fingerprint density at radius 2 is 2.00 bits per heavy atom. The molecule has 0 bridgehead atoms. The van der Waals surface area contributed by atoms with Gasteiger partial charge in [0.05, 0.1) is 10.9 Å². The number of benzene rings is 1. The number of likely N-dealkylation sites (N-methyl/N-ethyl adjacent to an activating group) is 1. The summed E-state index contributed by atoms with van der Waals surface area (Å²) in [4.78, 5) is 44.5. The van der Waals surface area contributed by atoms with E-state index in [1.54, 1.807) is 23.1 Å². The van der Waals surface area contributed by atoms with Crippen LogP contribution in [-0.2, 0) is 16.0 Å². The minimum Gasteiger partial charge on any atom is -0.444 e. The van der Waals surface area contributed by atoms with Crippen LogP contribution in [0, 0.1) is 0 Å². The summed E-state index contributed by atoms with van der Waals surface area (Å²) in [5.74, 6) is 0.561. The van der Waals surface area contributed by atoms with Gasteiger partial charge in [-0.05, 0) is 46.9 Å². The maximum Gasteiger partial charge on any atom is 0.410 e. The van der Waals surface area contributed by atoms with Crippen LogP contribution in [0.4, 0.5) is 4.79 Å². The number of hydrogen-bond acceptors (Lipinski definition) is 6. The topological polar surface area (TPSA) is 95.6 Å². The number of amides is 1. The molecule has 1 aromatic heterocycles. The second kappa shape index (κ2) is 10.3. The number of nitrogens with zero attached hydrogens (tertiary/aromatic N) is 3. The maximum absolute atomic E-state index is 11.8. The predicted molar refractivity (Wildman–Crippen MR) is 117 cm³/mol. The van der Waals surface area contributed by atoms with E-state index >= 15 is 0 Å². The normalized spacial score (nSPS) is 17.2. The van der Waals surface area contributed by atoms with Crippen LogP contribution < -0.4 is 5.56 Å². The Balaban J connectivity index is 0.000000214. The summed E-state index contributed by atoms with van der Waals surface area (Å²) < 4.78 is 5.33. The highest BCUT2D eigenvalue weighted by Crippen LogP contribution is 2.13. The van der Waals surface area contributed by atoms with E-state index in [0.717, 1.165) is 25.9 Å². The molecule has 8 heteroatoms. The first-order valence-electron chi connectivity index (χ1n) is 10.2. The summed E-state index contributed by atoms with van der Waals surface area (Å²) >= 11 is 0. The lowest BCUT2D eigenvalue weighted by Gasteiger charge is -2.38. The second-order valence-electron chi connectivity index (χ2n) is 8.49. The molecular formula is C22H32N4O4. The van der Waals surface area contributed by atoms with E-state index in [9.17, 15) is 14.4 Å². The maximum atomic E-state index is 11.8. The number of aromatic nitrogens is 2. The van der Waals surface area contributed by atoms with E-state index < -0.39 is 5.60 Å². The molecular weight excluding hydrogens is 384 g/mol. The molecule has 8 nitrogen and oxygen atoms in total. The molecule has 3 rings (SSSR count). The fraction of sp³-hybridized carbons (Fsp3) is 0.545. The Kier molecular flexibility index (Phi) is 8.11. The third kappa shape index (κ3) is 6.95. The van der Waals surface area contributed by atoms with Gasteiger partial charge < -0.3 is 24.3 Å². The first-order valence-corrected chi connectivity index (χ1v) is 10.2. The molecule has 1 N–H and O–H groups in total. The third-order valence-corrected chi connectivity index (χ3v) is 4.77. The monoisotopic (exact) mass is 416 g/mol. The number of ether oxygens (including phenoxy) is 1. The SMILES string of the molecule is CC1CN(C(=O)OC(C)(C)C)CCN1C.O=CCCc1nc2ccccc2c(=O)[nH]1. The van der Waals surface area contributed by atoms with Gasteiger partial charge in [-0.15, -0.1) is 0 Å². The molecule has 164 valence electrons. The number of aryl methyl sites for hydroxylation is 1. The zero-order chi connectivity index (χ0) is 22.3. The minimum absolute atomic E-state index is 0.151. The summed E-state index contributed by atoms with van der Waals surface area (Å²) in [5, 5.41) is 0.576. The molecule has 1 amide bonds. The molecule has 1 unspecified atom stereocenters. The summed E-state index contributed by atoms with van der Waals surface area (Å²) in [6.45, 7) is 10.2. The smallest absolute Gasteiger partial charge is 0.410 e. The lowest BCUT2D eigenvalue weighted by Crippen LogP contribution is -2.52. The number of carbonyl (C=O) groups is 2. The Hall–Kier alpha value is -2.74. The van der Waals surface area contributed by atoms with Crippen LogP contribution >= 0.6 is 0 Å². The lowest BCUT2D eigenvalue weighted by atomic mass is 10.2. The summed E-state index contributed by atoms with van der Waals surface area (Å²) in [6.07, 6.45) is 1.47. The van der Waals surface area contributed by atoms with Gasteiger partial charge in [0.1, 0.15) is 17.7 Å². The average molecular weight is 417 g/mol. The van der Waals surface area contributed by atoms with Crippen LogP contribution in [0.15, 0.2) is 29.1 Å². The van der Waals surface area contributed by atoms with Crippen LogP contribution in [0.25, 0.3) is 10.9 Å². The van der Waals surface area contributed by atoms with Crippen molar-refractivity contribution in [2.75, 3.05) is 26.7 Å². The van der Waals surface area contributed by atoms with E-state index in [1.807, 2.05) is 26.8 Å². The third-order valence-electron chi connectivity index (χ3n) is 4.77. The molecule has 2 aromatic rings. The Morgan fingerprint density at radius 3 is 2.63 bits per heavy atom. The molecule has 1 aliphatic rings. The van der Waals surface area contributed by atoms with Crippen molar-refractivity contribution in [3.05, 3.63) is 40.4 Å². The molecule has 2 heterocycles. The highest BCUT2D eigenvalue weighted by atomic mass is 16.6. The molecule has 0 saturated carbocycles. The summed E-state index contributed by atoms with van der Waals surface area (Å²) in [7, 11) is 2.08. The first-order chi connectivity index (χ1) is 14.1. The van der Waals surface area contributed by atoms with Crippen molar-refractivity contribution in [3.8, 4) is 0 Å². The van der Waals surface area contributed by atoms with Gasteiger partial charge in [0.2, 0.25) is 0 Å². The van der Waals surface area contributed by atoms with Crippen LogP contribution in [0.2, 0.25) is 0 Å². The van der Waals surface area contributed by atoms with Crippen LogP contribution in [-0.4, -0.2) is 70.5 Å². The van der Waals surface area contributed by atoms with Gasteiger partial charge in [0, 0.05) is 38.5 Å². The standard InChI is InChI=1S/C11H10N2O2.C11H22N2O2/c14-7-3-6-10-12-9-5-2-1-4-8(9)11(15)13-10;1-9-8-13(7-6-12(9)5)10(14)15-11(2,3)4/h1-2,4-5,7H,3,6H2,(H,12,13,15);9H,6-8H2,1-5H3. The average Bonchev–Trinajstić information content (AvgIpc) is 2.68. The number of rotatable bonds is 3. The number of piperazine rings is 1. The van der Waals surface area contributed by atoms with Gasteiger partial charge in [0.25, 0.3) is 5.56 Å². The van der Waals surface area contributed by atoms with Crippen molar-refractivity contribution in [3.63, 3.8) is 0 Å². The van der Waals surface area contributed by atoms with Gasteiger partial charge >= 0.3 is 6.09 Å². The number of fused-ring (bicyclic) bond motifs is 1. The largest absolute Gasteiger partial charge is 0.444 e. The fourth-order valence-electron chi connectivity index (χ4n) is 2.99. The van der Waals surface area contributed by atoms with Crippen molar-refractivity contribution in [2.45, 2.75) is 52.2 Å². The number of nitrogens with one attached hydrogen (secondary N) is 1. The number of carbonyl (C=O) groups excluding carboxylic acids is 2. The second-order valence-corrected chi connectivity index (χ2v) is 8.49. The molecule has 30 heavy (non-hydrogen) atoms. The fourth-order valence-corrected chi connectivity index (χ4v) is 2.99. The highest BCUT2D eigenvalue weighted by molar-refractivity contribution is 5.77. The summed E-state index contributed by atoms with van der Waals surface area (Å²) in [6, 6.07) is 7.55. The number of aromatic amines is 1. The van der Waals surface area contributed by atoms with Crippen molar-refractivity contribution < 1.29 is 14.3 Å². The van der Waals surface area contributed by atoms with Crippen molar-refractivity contribution in [1.29, 1.82) is 0 Å². The van der Waals surface area contributed by atoms with E-state index in [-0.39, 0.29) is 11.7 Å². The molecule has 0 aliphatic carbocycles. The van der Waals surface area contributed by atoms with Gasteiger partial charge in [-0.2, -0.15) is 0 Å². The van der Waals surface area contributed by atoms with Gasteiger partial charge in [-0.3, -0.25) is 4.79 Å². The van der Waals surface area contributed by atoms with Crippen molar-refractivity contribution in [2.24, 2.45) is 0 Å². The van der Waals surface area contributed by atoms with Crippen LogP contribution in [0.1, 0.15) is 39.9 Å². The van der Waals surface area contributed by atoms with Gasteiger partial charge in [-0.25, -0.2) is 9.78 Å². The van der Waals surface area contributed by atoms with Crippen LogP contribution in [0.5, 0.6) is 0 Å². The molecule has 1 aromatic carbocycles. The molecule has 1 saturated heterocycles. The number of para-hydroxylation sites is 1. The molecule has 0 radical (unpaired) electrons. The molecule has 0 spiro atoms. The highest BCUT2D eigenvalue weighted by Gasteiger charge is 2.27. The van der Waals surface area contributed by atoms with Gasteiger partial charge in [-0.1, -0.05) is 12.1 Å². The van der Waals surface area contributed by atoms with E-state index in [4.69, 9.17) is 4.74 Å². The van der Waals surface area contributed by atoms with Gasteiger partial charge in [0.15, 0.2) is 0 Å². The van der Waals surface area contributed by atoms with Crippen LogP contribution in [0.3, 0.4) is 0 Å². The molecule has 1 aliphatic heterocycles.